The third-order valence-electron chi connectivity index (χ3n) is 5.14. The third kappa shape index (κ3) is 5.86. The summed E-state index contributed by atoms with van der Waals surface area (Å²) in [6.45, 7) is 0. The first-order valence-corrected chi connectivity index (χ1v) is 10.7. The van der Waals surface area contributed by atoms with Crippen LogP contribution in [0.5, 0.6) is 11.6 Å². The molecule has 0 aliphatic rings. The van der Waals surface area contributed by atoms with Crippen molar-refractivity contribution in [3.63, 3.8) is 0 Å². The predicted octanol–water partition coefficient (Wildman–Crippen LogP) is 5.77. The van der Waals surface area contributed by atoms with Gasteiger partial charge in [-0.25, -0.2) is 14.2 Å². The third-order valence-corrected chi connectivity index (χ3v) is 5.14. The number of urea groups is 1. The topological polar surface area (TPSA) is 118 Å². The Morgan fingerprint density at radius 2 is 1.59 bits per heavy atom. The number of fused-ring (bicyclic) bond motifs is 1. The molecule has 12 heteroatoms. The second-order valence-electron chi connectivity index (χ2n) is 7.77. The van der Waals surface area contributed by atoms with Crippen molar-refractivity contribution in [3.05, 3.63) is 83.8 Å². The molecule has 4 aromatic rings. The van der Waals surface area contributed by atoms with Gasteiger partial charge >= 0.3 is 12.2 Å². The fourth-order valence-corrected chi connectivity index (χ4v) is 3.39. The second-order valence-corrected chi connectivity index (χ2v) is 7.77. The van der Waals surface area contributed by atoms with Gasteiger partial charge in [-0.15, -0.1) is 0 Å². The smallest absolute Gasteiger partial charge is 0.419 e. The van der Waals surface area contributed by atoms with Crippen LogP contribution in [0.3, 0.4) is 0 Å². The minimum absolute atomic E-state index is 0.138. The van der Waals surface area contributed by atoms with Crippen molar-refractivity contribution in [2.75, 3.05) is 23.4 Å². The van der Waals surface area contributed by atoms with Gasteiger partial charge in [0.1, 0.15) is 17.3 Å². The summed E-state index contributed by atoms with van der Waals surface area (Å²) in [4.78, 5) is 28.6. The molecule has 0 atom stereocenters. The average molecular weight is 513 g/mol. The first-order chi connectivity index (χ1) is 17.5. The largest absolute Gasteiger partial charge is 0.438 e. The van der Waals surface area contributed by atoms with Crippen molar-refractivity contribution in [2.45, 2.75) is 6.18 Å². The Morgan fingerprint density at radius 3 is 2.27 bits per heavy atom. The lowest BCUT2D eigenvalue weighted by Crippen LogP contribution is -2.20. The van der Waals surface area contributed by atoms with Gasteiger partial charge in [-0.1, -0.05) is 6.07 Å². The number of carbonyl (C=O) groups is 2. The SMILES string of the molecule is CNC(=O)c1cc2ccc(N)cc2c(Oc2ccc(NC(=O)Nc3ccc(F)c(C(F)(F)F)c3)cc2)n1. The molecule has 0 saturated heterocycles. The first kappa shape index (κ1) is 25.2. The standard InChI is InChI=1S/C25H19F4N5O3/c1-31-22(35)21-10-13-2-3-14(30)11-18(13)23(34-21)37-17-7-4-15(5-8-17)32-24(36)33-16-6-9-20(26)19(12-16)25(27,28)29/h2-12H,30H2,1H3,(H,31,35)(H2,32,33,36). The fraction of sp³-hybridized carbons (Fsp3) is 0.0800. The molecule has 8 nitrogen and oxygen atoms in total. The van der Waals surface area contributed by atoms with Crippen LogP contribution >= 0.6 is 0 Å². The van der Waals surface area contributed by atoms with Crippen LogP contribution in [-0.2, 0) is 6.18 Å². The minimum Gasteiger partial charge on any atom is -0.438 e. The number of benzene rings is 3. The van der Waals surface area contributed by atoms with Gasteiger partial charge in [0.05, 0.1) is 5.56 Å². The quantitative estimate of drug-likeness (QED) is 0.200. The van der Waals surface area contributed by atoms with Gasteiger partial charge in [0.25, 0.3) is 5.91 Å². The van der Waals surface area contributed by atoms with Gasteiger partial charge < -0.3 is 26.4 Å². The number of rotatable bonds is 5. The van der Waals surface area contributed by atoms with Gasteiger partial charge in [-0.2, -0.15) is 13.2 Å². The van der Waals surface area contributed by atoms with Crippen LogP contribution in [0, 0.1) is 5.82 Å². The zero-order valence-electron chi connectivity index (χ0n) is 19.1. The van der Waals surface area contributed by atoms with E-state index in [2.05, 4.69) is 20.9 Å². The number of nitrogen functional groups attached to an aromatic ring is 1. The number of nitrogens with zero attached hydrogens (tertiary/aromatic N) is 1. The lowest BCUT2D eigenvalue weighted by atomic mass is 10.1. The maximum atomic E-state index is 13.4. The van der Waals surface area contributed by atoms with Crippen LogP contribution in [0.4, 0.5) is 39.4 Å². The van der Waals surface area contributed by atoms with Gasteiger partial charge in [-0.3, -0.25) is 4.79 Å². The van der Waals surface area contributed by atoms with E-state index in [0.29, 0.717) is 40.0 Å². The number of nitrogens with two attached hydrogens (primary N) is 1. The summed E-state index contributed by atoms with van der Waals surface area (Å²) in [6, 6.07) is 14.0. The molecule has 3 amide bonds. The van der Waals surface area contributed by atoms with Crippen LogP contribution in [-0.4, -0.2) is 24.0 Å². The molecule has 0 unspecified atom stereocenters. The number of ether oxygens (including phenoxy) is 1. The van der Waals surface area contributed by atoms with Crippen molar-refractivity contribution in [2.24, 2.45) is 0 Å². The normalized spacial score (nSPS) is 11.2. The van der Waals surface area contributed by atoms with Gasteiger partial charge in [0.2, 0.25) is 5.88 Å². The van der Waals surface area contributed by atoms with Crippen LogP contribution in [0.15, 0.2) is 66.7 Å². The van der Waals surface area contributed by atoms with Crippen molar-refractivity contribution >= 4 is 39.8 Å². The predicted molar refractivity (Wildman–Crippen MR) is 130 cm³/mol. The maximum Gasteiger partial charge on any atom is 0.419 e. The molecule has 0 spiro atoms. The number of hydrogen-bond donors (Lipinski definition) is 4. The molecule has 1 heterocycles. The highest BCUT2D eigenvalue weighted by Crippen LogP contribution is 2.33. The van der Waals surface area contributed by atoms with Crippen molar-refractivity contribution in [1.82, 2.24) is 10.3 Å². The summed E-state index contributed by atoms with van der Waals surface area (Å²) in [5, 5.41) is 8.44. The van der Waals surface area contributed by atoms with E-state index < -0.39 is 29.5 Å². The Bertz CT molecular complexity index is 1490. The molecule has 3 aromatic carbocycles. The van der Waals surface area contributed by atoms with Crippen molar-refractivity contribution in [3.8, 4) is 11.6 Å². The molecule has 0 fully saturated rings. The van der Waals surface area contributed by atoms with E-state index in [9.17, 15) is 27.2 Å². The summed E-state index contributed by atoms with van der Waals surface area (Å²) in [5.41, 5.74) is 5.06. The fourth-order valence-electron chi connectivity index (χ4n) is 3.39. The first-order valence-electron chi connectivity index (χ1n) is 10.7. The van der Waals surface area contributed by atoms with E-state index in [-0.39, 0.29) is 17.3 Å². The number of pyridine rings is 1. The summed E-state index contributed by atoms with van der Waals surface area (Å²) in [5.74, 6) is -1.39. The van der Waals surface area contributed by atoms with Gasteiger partial charge in [-0.05, 0) is 66.0 Å². The zero-order valence-corrected chi connectivity index (χ0v) is 19.1. The van der Waals surface area contributed by atoms with Crippen LogP contribution in [0.25, 0.3) is 10.8 Å². The molecule has 4 rings (SSSR count). The Balaban J connectivity index is 1.49. The summed E-state index contributed by atoms with van der Waals surface area (Å²) >= 11 is 0. The summed E-state index contributed by atoms with van der Waals surface area (Å²) in [7, 11) is 1.48. The number of aromatic nitrogens is 1. The Kier molecular flexibility index (Phi) is 6.83. The second kappa shape index (κ2) is 10.0. The number of anilines is 3. The average Bonchev–Trinajstić information content (AvgIpc) is 2.85. The molecule has 0 saturated carbocycles. The molecule has 0 bridgehead atoms. The summed E-state index contributed by atoms with van der Waals surface area (Å²) < 4.78 is 58.0. The molecular weight excluding hydrogens is 494 g/mol. The van der Waals surface area contributed by atoms with E-state index in [4.69, 9.17) is 10.5 Å². The molecular formula is C25H19F4N5O3. The number of amides is 3. The minimum atomic E-state index is -4.90. The van der Waals surface area contributed by atoms with E-state index >= 15 is 0 Å². The van der Waals surface area contributed by atoms with Gasteiger partial charge in [0.15, 0.2) is 0 Å². The van der Waals surface area contributed by atoms with E-state index in [0.717, 1.165) is 6.07 Å². The Morgan fingerprint density at radius 1 is 0.919 bits per heavy atom. The molecule has 0 radical (unpaired) electrons. The molecule has 0 aliphatic heterocycles. The maximum absolute atomic E-state index is 13.4. The number of alkyl halides is 3. The number of carbonyl (C=O) groups excluding carboxylic acids is 2. The molecule has 1 aromatic heterocycles. The van der Waals surface area contributed by atoms with Crippen molar-refractivity contribution in [1.29, 1.82) is 0 Å². The Labute approximate surface area is 207 Å². The zero-order chi connectivity index (χ0) is 26.7. The van der Waals surface area contributed by atoms with E-state index in [1.54, 1.807) is 24.3 Å². The lowest BCUT2D eigenvalue weighted by Gasteiger charge is -2.13. The number of nitrogens with one attached hydrogen (secondary N) is 3. The van der Waals surface area contributed by atoms with Crippen LogP contribution in [0.1, 0.15) is 16.1 Å². The van der Waals surface area contributed by atoms with Crippen LogP contribution in [0.2, 0.25) is 0 Å². The number of hydrogen-bond acceptors (Lipinski definition) is 5. The highest BCUT2D eigenvalue weighted by atomic mass is 19.4. The van der Waals surface area contributed by atoms with Gasteiger partial charge in [0, 0.05) is 29.5 Å². The highest BCUT2D eigenvalue weighted by molar-refractivity contribution is 6.00. The lowest BCUT2D eigenvalue weighted by molar-refractivity contribution is -0.139. The number of halogens is 4. The molecule has 190 valence electrons. The highest BCUT2D eigenvalue weighted by Gasteiger charge is 2.34. The monoisotopic (exact) mass is 513 g/mol. The molecule has 5 N–H and O–H groups in total. The molecule has 37 heavy (non-hydrogen) atoms. The van der Waals surface area contributed by atoms with Crippen LogP contribution < -0.4 is 26.4 Å². The van der Waals surface area contributed by atoms with Crippen molar-refractivity contribution < 1.29 is 31.9 Å². The van der Waals surface area contributed by atoms with E-state index in [1.165, 1.54) is 31.3 Å². The summed E-state index contributed by atoms with van der Waals surface area (Å²) in [6.07, 6.45) is -4.90. The molecule has 0 aliphatic carbocycles. The van der Waals surface area contributed by atoms with E-state index in [1.807, 2.05) is 0 Å². The Hall–Kier alpha value is -4.87.